The van der Waals surface area contributed by atoms with Gasteiger partial charge in [-0.2, -0.15) is 0 Å². The van der Waals surface area contributed by atoms with Gasteiger partial charge >= 0.3 is 0 Å². The maximum Gasteiger partial charge on any atom is 0.0263 e. The third-order valence-electron chi connectivity index (χ3n) is 0.720. The molecule has 46 valence electrons. The number of hydrogen-bond donors (Lipinski definition) is 1. The van der Waals surface area contributed by atoms with E-state index in [9.17, 15) is 0 Å². The smallest absolute Gasteiger partial charge is 0.0263 e. The summed E-state index contributed by atoms with van der Waals surface area (Å²) in [4.78, 5) is 0. The van der Waals surface area contributed by atoms with Gasteiger partial charge in [0.15, 0.2) is 0 Å². The van der Waals surface area contributed by atoms with E-state index in [2.05, 4.69) is 32.3 Å². The van der Waals surface area contributed by atoms with Gasteiger partial charge in [0.25, 0.3) is 0 Å². The van der Waals surface area contributed by atoms with Crippen molar-refractivity contribution in [3.8, 4) is 0 Å². The van der Waals surface area contributed by atoms with Crippen LogP contribution in [0.4, 0.5) is 0 Å². The van der Waals surface area contributed by atoms with Gasteiger partial charge in [-0.3, -0.25) is 0 Å². The lowest BCUT2D eigenvalue weighted by molar-refractivity contribution is 0.683. The lowest BCUT2D eigenvalue weighted by atomic mass is 10.3. The van der Waals surface area contributed by atoms with Crippen LogP contribution in [0.2, 0.25) is 0 Å². The SMILES string of the molecule is C=CC(=C)NC(C)C. The summed E-state index contributed by atoms with van der Waals surface area (Å²) in [5.41, 5.74) is 0.889. The van der Waals surface area contributed by atoms with E-state index in [0.29, 0.717) is 6.04 Å². The molecule has 0 spiro atoms. The molecule has 0 fully saturated rings. The Labute approximate surface area is 51.1 Å². The molecule has 0 amide bonds. The van der Waals surface area contributed by atoms with Gasteiger partial charge in [-0.05, 0) is 19.9 Å². The van der Waals surface area contributed by atoms with Gasteiger partial charge in [-0.1, -0.05) is 13.2 Å². The lowest BCUT2D eigenvalue weighted by Crippen LogP contribution is -2.19. The first-order chi connectivity index (χ1) is 3.66. The summed E-state index contributed by atoms with van der Waals surface area (Å²) in [5, 5.41) is 3.08. The molecule has 8 heavy (non-hydrogen) atoms. The fraction of sp³-hybridized carbons (Fsp3) is 0.429. The second kappa shape index (κ2) is 3.30. The number of nitrogens with one attached hydrogen (secondary N) is 1. The van der Waals surface area contributed by atoms with Crippen LogP contribution in [0.1, 0.15) is 13.8 Å². The molecule has 0 saturated carbocycles. The molecule has 0 bridgehead atoms. The molecule has 0 aliphatic carbocycles. The summed E-state index contributed by atoms with van der Waals surface area (Å²) in [7, 11) is 0. The zero-order chi connectivity index (χ0) is 6.57. The number of rotatable bonds is 3. The second-order valence-corrected chi connectivity index (χ2v) is 2.03. The van der Waals surface area contributed by atoms with Gasteiger partial charge in [-0.25, -0.2) is 0 Å². The van der Waals surface area contributed by atoms with Crippen molar-refractivity contribution in [3.63, 3.8) is 0 Å². The minimum absolute atomic E-state index is 0.459. The molecule has 0 rings (SSSR count). The predicted octanol–water partition coefficient (Wildman–Crippen LogP) is 1.68. The maximum atomic E-state index is 3.68. The van der Waals surface area contributed by atoms with E-state index in [1.54, 1.807) is 6.08 Å². The molecule has 0 saturated heterocycles. The summed E-state index contributed by atoms with van der Waals surface area (Å²) in [5.74, 6) is 0. The Morgan fingerprint density at radius 3 is 2.25 bits per heavy atom. The first-order valence-electron chi connectivity index (χ1n) is 2.74. The standard InChI is InChI=1S/C7H13N/c1-5-7(4)8-6(2)3/h5-6,8H,1,4H2,2-3H3. The molecule has 0 unspecified atom stereocenters. The van der Waals surface area contributed by atoms with Crippen molar-refractivity contribution >= 4 is 0 Å². The van der Waals surface area contributed by atoms with Crippen LogP contribution in [0.5, 0.6) is 0 Å². The molecular weight excluding hydrogens is 98.1 g/mol. The van der Waals surface area contributed by atoms with Crippen molar-refractivity contribution in [3.05, 3.63) is 24.9 Å². The largest absolute Gasteiger partial charge is 0.383 e. The highest BCUT2D eigenvalue weighted by Gasteiger charge is 1.87. The summed E-state index contributed by atoms with van der Waals surface area (Å²) in [6, 6.07) is 0.459. The quantitative estimate of drug-likeness (QED) is 0.546. The predicted molar refractivity (Wildman–Crippen MR) is 37.6 cm³/mol. The molecule has 0 radical (unpaired) electrons. The van der Waals surface area contributed by atoms with Crippen LogP contribution in [0, 0.1) is 0 Å². The fourth-order valence-corrected chi connectivity index (χ4v) is 0.430. The van der Waals surface area contributed by atoms with E-state index in [4.69, 9.17) is 0 Å². The molecule has 1 N–H and O–H groups in total. The zero-order valence-corrected chi connectivity index (χ0v) is 5.57. The molecule has 1 nitrogen and oxygen atoms in total. The highest BCUT2D eigenvalue weighted by molar-refractivity contribution is 5.08. The molecule has 0 aromatic carbocycles. The summed E-state index contributed by atoms with van der Waals surface area (Å²) < 4.78 is 0. The third-order valence-corrected chi connectivity index (χ3v) is 0.720. The number of hydrogen-bond acceptors (Lipinski definition) is 1. The Morgan fingerprint density at radius 1 is 1.62 bits per heavy atom. The monoisotopic (exact) mass is 111 g/mol. The lowest BCUT2D eigenvalue weighted by Gasteiger charge is -2.07. The normalized spacial score (nSPS) is 8.88. The Balaban J connectivity index is 3.39. The average Bonchev–Trinajstić information content (AvgIpc) is 1.65. The maximum absolute atomic E-state index is 3.68. The van der Waals surface area contributed by atoms with Crippen LogP contribution in [-0.2, 0) is 0 Å². The molecule has 1 heteroatoms. The summed E-state index contributed by atoms with van der Waals surface area (Å²) in [6.07, 6.45) is 1.71. The first-order valence-corrected chi connectivity index (χ1v) is 2.74. The Morgan fingerprint density at radius 2 is 2.12 bits per heavy atom. The minimum atomic E-state index is 0.459. The van der Waals surface area contributed by atoms with Crippen molar-refractivity contribution < 1.29 is 0 Å². The van der Waals surface area contributed by atoms with Crippen molar-refractivity contribution in [1.82, 2.24) is 5.32 Å². The van der Waals surface area contributed by atoms with E-state index >= 15 is 0 Å². The van der Waals surface area contributed by atoms with E-state index < -0.39 is 0 Å². The van der Waals surface area contributed by atoms with Crippen molar-refractivity contribution in [2.75, 3.05) is 0 Å². The first kappa shape index (κ1) is 7.28. The Hall–Kier alpha value is -0.720. The summed E-state index contributed by atoms with van der Waals surface area (Å²) in [6.45, 7) is 11.4. The van der Waals surface area contributed by atoms with Crippen LogP contribution in [0.25, 0.3) is 0 Å². The molecule has 0 aromatic rings. The van der Waals surface area contributed by atoms with Crippen LogP contribution in [-0.4, -0.2) is 6.04 Å². The van der Waals surface area contributed by atoms with Gasteiger partial charge < -0.3 is 5.32 Å². The number of allylic oxidation sites excluding steroid dienone is 1. The minimum Gasteiger partial charge on any atom is -0.383 e. The molecule has 0 aliphatic rings. The fourth-order valence-electron chi connectivity index (χ4n) is 0.430. The third kappa shape index (κ3) is 3.47. The van der Waals surface area contributed by atoms with Gasteiger partial charge in [-0.15, -0.1) is 0 Å². The van der Waals surface area contributed by atoms with Crippen molar-refractivity contribution in [2.24, 2.45) is 0 Å². The molecule has 0 atom stereocenters. The molecule has 0 aliphatic heterocycles. The topological polar surface area (TPSA) is 12.0 Å². The van der Waals surface area contributed by atoms with Gasteiger partial charge in [0.1, 0.15) is 0 Å². The highest BCUT2D eigenvalue weighted by Crippen LogP contribution is 1.86. The zero-order valence-electron chi connectivity index (χ0n) is 5.57. The van der Waals surface area contributed by atoms with Crippen LogP contribution in [0.3, 0.4) is 0 Å². The van der Waals surface area contributed by atoms with Gasteiger partial charge in [0.05, 0.1) is 0 Å². The molecule has 0 heterocycles. The van der Waals surface area contributed by atoms with Gasteiger partial charge in [0, 0.05) is 11.7 Å². The van der Waals surface area contributed by atoms with E-state index in [0.717, 1.165) is 5.70 Å². The van der Waals surface area contributed by atoms with E-state index in [1.165, 1.54) is 0 Å². The summed E-state index contributed by atoms with van der Waals surface area (Å²) >= 11 is 0. The van der Waals surface area contributed by atoms with Gasteiger partial charge in [0.2, 0.25) is 0 Å². The van der Waals surface area contributed by atoms with E-state index in [1.807, 2.05) is 0 Å². The van der Waals surface area contributed by atoms with Crippen LogP contribution < -0.4 is 5.32 Å². The van der Waals surface area contributed by atoms with E-state index in [-0.39, 0.29) is 0 Å². The highest BCUT2D eigenvalue weighted by atomic mass is 14.9. The van der Waals surface area contributed by atoms with Crippen molar-refractivity contribution in [1.29, 1.82) is 0 Å². The molecular formula is C7H13N. The Bertz CT molecular complexity index is 92.6. The second-order valence-electron chi connectivity index (χ2n) is 2.03. The van der Waals surface area contributed by atoms with Crippen LogP contribution >= 0.6 is 0 Å². The Kier molecular flexibility index (Phi) is 3.01. The van der Waals surface area contributed by atoms with Crippen molar-refractivity contribution in [2.45, 2.75) is 19.9 Å². The average molecular weight is 111 g/mol. The van der Waals surface area contributed by atoms with Crippen LogP contribution in [0.15, 0.2) is 24.9 Å². The molecule has 0 aromatic heterocycles.